The summed E-state index contributed by atoms with van der Waals surface area (Å²) in [4.78, 5) is 12.7. The number of benzene rings is 1. The van der Waals surface area contributed by atoms with Crippen molar-refractivity contribution < 1.29 is 17.9 Å². The molecule has 134 valence electrons. The van der Waals surface area contributed by atoms with Gasteiger partial charge in [0.1, 0.15) is 5.60 Å². The van der Waals surface area contributed by atoms with E-state index in [9.17, 15) is 13.2 Å². The Morgan fingerprint density at radius 3 is 2.33 bits per heavy atom. The summed E-state index contributed by atoms with van der Waals surface area (Å²) in [5.41, 5.74) is 0.0562. The molecule has 7 nitrogen and oxygen atoms in total. The highest BCUT2D eigenvalue weighted by Crippen LogP contribution is 2.23. The topological polar surface area (TPSA) is 87.7 Å². The van der Waals surface area contributed by atoms with Crippen LogP contribution in [-0.4, -0.2) is 58.5 Å². The lowest BCUT2D eigenvalue weighted by Crippen LogP contribution is -2.53. The average molecular weight is 355 g/mol. The second-order valence-electron chi connectivity index (χ2n) is 6.06. The number of nitrogens with one attached hydrogen (secondary N) is 2. The van der Waals surface area contributed by atoms with Crippen molar-refractivity contribution in [1.29, 1.82) is 0 Å². The maximum absolute atomic E-state index is 12.5. The quantitative estimate of drug-likeness (QED) is 0.767. The molecule has 1 aliphatic heterocycles. The minimum absolute atomic E-state index is 0.128. The zero-order valence-electron chi connectivity index (χ0n) is 14.3. The van der Waals surface area contributed by atoms with Crippen LogP contribution in [0.3, 0.4) is 0 Å². The maximum Gasteiger partial charge on any atom is 0.252 e. The molecule has 1 aromatic carbocycles. The summed E-state index contributed by atoms with van der Waals surface area (Å²) in [5, 5.41) is 6.10. The normalized spacial score (nSPS) is 17.7. The van der Waals surface area contributed by atoms with Gasteiger partial charge in [0.25, 0.3) is 5.91 Å². The Morgan fingerprint density at radius 2 is 1.83 bits per heavy atom. The molecular weight excluding hydrogens is 330 g/mol. The number of amides is 1. The molecule has 0 atom stereocenters. The van der Waals surface area contributed by atoms with Crippen molar-refractivity contribution in [3.63, 3.8) is 0 Å². The molecule has 1 fully saturated rings. The summed E-state index contributed by atoms with van der Waals surface area (Å²) in [6, 6.07) is 6.51. The van der Waals surface area contributed by atoms with Gasteiger partial charge in [-0.25, -0.2) is 12.7 Å². The van der Waals surface area contributed by atoms with E-state index in [1.54, 1.807) is 31.4 Å². The molecule has 0 aliphatic carbocycles. The van der Waals surface area contributed by atoms with Gasteiger partial charge >= 0.3 is 0 Å². The molecule has 0 unspecified atom stereocenters. The van der Waals surface area contributed by atoms with Crippen molar-refractivity contribution in [2.45, 2.75) is 29.9 Å². The lowest BCUT2D eigenvalue weighted by molar-refractivity contribution is -0.146. The molecule has 1 amide bonds. The maximum atomic E-state index is 12.5. The smallest absolute Gasteiger partial charge is 0.252 e. The number of hydrogen-bond acceptors (Lipinski definition) is 5. The number of methoxy groups -OCH3 is 1. The Kier molecular flexibility index (Phi) is 5.97. The number of carbonyl (C=O) groups excluding carboxylic acids is 1. The number of carbonyl (C=O) groups is 1. The highest BCUT2D eigenvalue weighted by Gasteiger charge is 2.39. The van der Waals surface area contributed by atoms with Crippen LogP contribution in [0, 0.1) is 0 Å². The second-order valence-corrected chi connectivity index (χ2v) is 8.21. The van der Waals surface area contributed by atoms with E-state index >= 15 is 0 Å². The third-order valence-corrected chi connectivity index (χ3v) is 6.20. The molecule has 8 heteroatoms. The van der Waals surface area contributed by atoms with E-state index in [4.69, 9.17) is 4.74 Å². The predicted octanol–water partition coefficient (Wildman–Crippen LogP) is 0.322. The largest absolute Gasteiger partial charge is 0.368 e. The number of ether oxygens (including phenoxy) is 1. The van der Waals surface area contributed by atoms with E-state index in [1.807, 2.05) is 0 Å². The third kappa shape index (κ3) is 3.94. The minimum atomic E-state index is -3.44. The van der Waals surface area contributed by atoms with Crippen LogP contribution >= 0.6 is 0 Å². The number of sulfonamides is 1. The number of rotatable bonds is 6. The van der Waals surface area contributed by atoms with Crippen LogP contribution in [0.5, 0.6) is 0 Å². The van der Waals surface area contributed by atoms with Gasteiger partial charge in [0.15, 0.2) is 0 Å². The van der Waals surface area contributed by atoms with Gasteiger partial charge in [-0.2, -0.15) is 0 Å². The summed E-state index contributed by atoms with van der Waals surface area (Å²) < 4.78 is 30.7. The van der Waals surface area contributed by atoms with Crippen molar-refractivity contribution in [1.82, 2.24) is 14.9 Å². The predicted molar refractivity (Wildman–Crippen MR) is 91.0 cm³/mol. The second kappa shape index (κ2) is 7.60. The van der Waals surface area contributed by atoms with Crippen molar-refractivity contribution >= 4 is 15.9 Å². The van der Waals surface area contributed by atoms with Crippen LogP contribution in [0.2, 0.25) is 0 Å². The molecule has 2 rings (SSSR count). The molecule has 0 saturated carbocycles. The average Bonchev–Trinajstić information content (AvgIpc) is 2.60. The van der Waals surface area contributed by atoms with E-state index in [1.165, 1.54) is 18.4 Å². The lowest BCUT2D eigenvalue weighted by atomic mass is 9.91. The summed E-state index contributed by atoms with van der Waals surface area (Å²) in [6.07, 6.45) is 1.27. The molecule has 0 radical (unpaired) electrons. The molecule has 1 saturated heterocycles. The Labute approximate surface area is 143 Å². The first-order valence-electron chi connectivity index (χ1n) is 7.87. The van der Waals surface area contributed by atoms with E-state index in [0.29, 0.717) is 19.4 Å². The van der Waals surface area contributed by atoms with Crippen molar-refractivity contribution in [3.8, 4) is 0 Å². The van der Waals surface area contributed by atoms with E-state index in [0.717, 1.165) is 18.7 Å². The van der Waals surface area contributed by atoms with Gasteiger partial charge < -0.3 is 15.4 Å². The van der Waals surface area contributed by atoms with Gasteiger partial charge in [-0.15, -0.1) is 0 Å². The Bertz CT molecular complexity index is 665. The monoisotopic (exact) mass is 355 g/mol. The van der Waals surface area contributed by atoms with Crippen molar-refractivity contribution in [3.05, 3.63) is 29.8 Å². The Morgan fingerprint density at radius 1 is 1.25 bits per heavy atom. The van der Waals surface area contributed by atoms with Crippen LogP contribution in [-0.2, 0) is 26.1 Å². The van der Waals surface area contributed by atoms with Crippen LogP contribution < -0.4 is 10.6 Å². The molecule has 24 heavy (non-hydrogen) atoms. The first-order valence-corrected chi connectivity index (χ1v) is 9.31. The standard InChI is InChI=1S/C16H25N3O4S/c1-19(2)24(21,22)14-6-4-13(5-7-14)12-18-15(20)16(23-3)8-10-17-11-9-16/h4-7,17H,8-12H2,1-3H3,(H,18,20). The molecule has 2 N–H and O–H groups in total. The fraction of sp³-hybridized carbons (Fsp3) is 0.562. The third-order valence-electron chi connectivity index (χ3n) is 4.37. The SMILES string of the molecule is COC1(C(=O)NCc2ccc(S(=O)(=O)N(C)C)cc2)CCNCC1. The van der Waals surface area contributed by atoms with Crippen molar-refractivity contribution in [2.24, 2.45) is 0 Å². The van der Waals surface area contributed by atoms with Crippen LogP contribution in [0.1, 0.15) is 18.4 Å². The minimum Gasteiger partial charge on any atom is -0.368 e. The molecular formula is C16H25N3O4S. The van der Waals surface area contributed by atoms with Crippen LogP contribution in [0.25, 0.3) is 0 Å². The number of nitrogens with zero attached hydrogens (tertiary/aromatic N) is 1. The van der Waals surface area contributed by atoms with Gasteiger partial charge in [-0.1, -0.05) is 12.1 Å². The summed E-state index contributed by atoms with van der Waals surface area (Å²) >= 11 is 0. The van der Waals surface area contributed by atoms with Gasteiger partial charge in [-0.05, 0) is 43.6 Å². The zero-order valence-corrected chi connectivity index (χ0v) is 15.1. The fourth-order valence-electron chi connectivity index (χ4n) is 2.69. The van der Waals surface area contributed by atoms with Gasteiger partial charge in [-0.3, -0.25) is 4.79 Å². The highest BCUT2D eigenvalue weighted by molar-refractivity contribution is 7.89. The van der Waals surface area contributed by atoms with E-state index < -0.39 is 15.6 Å². The van der Waals surface area contributed by atoms with Crippen molar-refractivity contribution in [2.75, 3.05) is 34.3 Å². The Hall–Kier alpha value is -1.48. The van der Waals surface area contributed by atoms with Gasteiger partial charge in [0.05, 0.1) is 4.90 Å². The molecule has 0 spiro atoms. The zero-order chi connectivity index (χ0) is 17.8. The molecule has 1 heterocycles. The molecule has 1 aliphatic rings. The van der Waals surface area contributed by atoms with Crippen LogP contribution in [0.4, 0.5) is 0 Å². The summed E-state index contributed by atoms with van der Waals surface area (Å²) in [7, 11) is 1.11. The first-order chi connectivity index (χ1) is 11.3. The van der Waals surface area contributed by atoms with Gasteiger partial charge in [0.2, 0.25) is 10.0 Å². The summed E-state index contributed by atoms with van der Waals surface area (Å²) in [6.45, 7) is 1.83. The molecule has 1 aromatic rings. The van der Waals surface area contributed by atoms with Crippen LogP contribution in [0.15, 0.2) is 29.2 Å². The van der Waals surface area contributed by atoms with Gasteiger partial charge in [0, 0.05) is 27.7 Å². The Balaban J connectivity index is 2.01. The highest BCUT2D eigenvalue weighted by atomic mass is 32.2. The fourth-order valence-corrected chi connectivity index (χ4v) is 3.59. The van der Waals surface area contributed by atoms with E-state index in [2.05, 4.69) is 10.6 Å². The van der Waals surface area contributed by atoms with E-state index in [-0.39, 0.29) is 10.8 Å². The number of piperidine rings is 1. The summed E-state index contributed by atoms with van der Waals surface area (Å²) in [5.74, 6) is -0.128. The molecule has 0 aromatic heterocycles. The molecule has 0 bridgehead atoms. The lowest BCUT2D eigenvalue weighted by Gasteiger charge is -2.34. The number of hydrogen-bond donors (Lipinski definition) is 2. The first kappa shape index (κ1) is 18.9.